The Morgan fingerprint density at radius 3 is 2.40 bits per heavy atom. The molecule has 0 fully saturated rings. The molecular weight excluding hydrogens is 400 g/mol. The summed E-state index contributed by atoms with van der Waals surface area (Å²) in [6, 6.07) is 12.4. The van der Waals surface area contributed by atoms with Crippen molar-refractivity contribution in [2.45, 2.75) is 59.7 Å². The molecular formula is C24H31ClN2O3. The van der Waals surface area contributed by atoms with Crippen molar-refractivity contribution in [1.82, 2.24) is 10.2 Å². The first-order chi connectivity index (χ1) is 14.0. The van der Waals surface area contributed by atoms with Gasteiger partial charge in [0.05, 0.1) is 0 Å². The normalized spacial score (nSPS) is 12.2. The van der Waals surface area contributed by atoms with Crippen molar-refractivity contribution in [2.24, 2.45) is 0 Å². The van der Waals surface area contributed by atoms with Crippen LogP contribution >= 0.6 is 11.6 Å². The summed E-state index contributed by atoms with van der Waals surface area (Å²) in [5.41, 5.74) is 2.45. The van der Waals surface area contributed by atoms with E-state index in [0.717, 1.165) is 16.7 Å². The van der Waals surface area contributed by atoms with Crippen LogP contribution in [0, 0.1) is 13.8 Å². The van der Waals surface area contributed by atoms with Crippen LogP contribution in [0.4, 0.5) is 0 Å². The second-order valence-corrected chi connectivity index (χ2v) is 8.99. The minimum atomic E-state index is -0.685. The number of aryl methyl sites for hydroxylation is 2. The standard InChI is InChI=1S/C24H31ClN2O3/c1-16-11-12-21(17(2)13-16)30-15-22(28)27(14-19-9-7-8-10-20(19)25)18(3)23(29)26-24(4,5)6/h7-13,18H,14-15H2,1-6H3,(H,26,29)/t18-/m0/s1. The number of hydrogen-bond donors (Lipinski definition) is 1. The Morgan fingerprint density at radius 2 is 1.80 bits per heavy atom. The SMILES string of the molecule is Cc1ccc(OCC(=O)N(Cc2ccccc2Cl)[C@@H](C)C(=O)NC(C)(C)C)c(C)c1. The zero-order valence-corrected chi connectivity index (χ0v) is 19.3. The number of rotatable bonds is 7. The Balaban J connectivity index is 2.21. The second kappa shape index (κ2) is 9.98. The van der Waals surface area contributed by atoms with Gasteiger partial charge in [-0.2, -0.15) is 0 Å². The van der Waals surface area contributed by atoms with E-state index >= 15 is 0 Å². The minimum Gasteiger partial charge on any atom is -0.483 e. The molecule has 6 heteroatoms. The minimum absolute atomic E-state index is 0.165. The van der Waals surface area contributed by atoms with Gasteiger partial charge in [0.1, 0.15) is 11.8 Å². The Morgan fingerprint density at radius 1 is 1.13 bits per heavy atom. The summed E-state index contributed by atoms with van der Waals surface area (Å²) >= 11 is 6.30. The molecule has 2 amide bonds. The van der Waals surface area contributed by atoms with Crippen LogP contribution in [0.2, 0.25) is 5.02 Å². The number of halogens is 1. The van der Waals surface area contributed by atoms with Gasteiger partial charge >= 0.3 is 0 Å². The molecule has 30 heavy (non-hydrogen) atoms. The summed E-state index contributed by atoms with van der Waals surface area (Å²) in [5, 5.41) is 3.49. The van der Waals surface area contributed by atoms with Gasteiger partial charge in [-0.15, -0.1) is 0 Å². The Labute approximate surface area is 184 Å². The molecule has 1 N–H and O–H groups in total. The van der Waals surface area contributed by atoms with Crippen molar-refractivity contribution < 1.29 is 14.3 Å². The van der Waals surface area contributed by atoms with Gasteiger partial charge in [0.2, 0.25) is 5.91 Å². The van der Waals surface area contributed by atoms with Crippen LogP contribution in [0.3, 0.4) is 0 Å². The van der Waals surface area contributed by atoms with Crippen molar-refractivity contribution in [3.8, 4) is 5.75 Å². The fraction of sp³-hybridized carbons (Fsp3) is 0.417. The van der Waals surface area contributed by atoms with Gasteiger partial charge in [0.15, 0.2) is 6.61 Å². The van der Waals surface area contributed by atoms with E-state index in [1.807, 2.05) is 71.0 Å². The number of nitrogens with one attached hydrogen (secondary N) is 1. The molecule has 0 saturated heterocycles. The number of benzene rings is 2. The molecule has 0 bridgehead atoms. The van der Waals surface area contributed by atoms with Gasteiger partial charge in [-0.1, -0.05) is 47.5 Å². The van der Waals surface area contributed by atoms with Gasteiger partial charge < -0.3 is 15.0 Å². The summed E-state index contributed by atoms with van der Waals surface area (Å²) in [6.45, 7) is 11.4. The predicted molar refractivity (Wildman–Crippen MR) is 121 cm³/mol. The van der Waals surface area contributed by atoms with Crippen LogP contribution in [0.15, 0.2) is 42.5 Å². The van der Waals surface area contributed by atoms with E-state index in [1.54, 1.807) is 13.0 Å². The van der Waals surface area contributed by atoms with Crippen LogP contribution in [-0.2, 0) is 16.1 Å². The van der Waals surface area contributed by atoms with E-state index in [0.29, 0.717) is 10.8 Å². The zero-order chi connectivity index (χ0) is 22.5. The molecule has 0 aromatic heterocycles. The highest BCUT2D eigenvalue weighted by Gasteiger charge is 2.29. The number of ether oxygens (including phenoxy) is 1. The summed E-state index contributed by atoms with van der Waals surface area (Å²) < 4.78 is 5.78. The first kappa shape index (κ1) is 23.7. The van der Waals surface area contributed by atoms with Crippen molar-refractivity contribution in [2.75, 3.05) is 6.61 Å². The first-order valence-electron chi connectivity index (χ1n) is 10.0. The van der Waals surface area contributed by atoms with Crippen LogP contribution in [0.25, 0.3) is 0 Å². The molecule has 0 heterocycles. The van der Waals surface area contributed by atoms with E-state index in [1.165, 1.54) is 4.90 Å². The summed E-state index contributed by atoms with van der Waals surface area (Å²) in [5.74, 6) is 0.138. The van der Waals surface area contributed by atoms with Crippen LogP contribution < -0.4 is 10.1 Å². The number of amides is 2. The molecule has 0 aliphatic carbocycles. The maximum Gasteiger partial charge on any atom is 0.261 e. The lowest BCUT2D eigenvalue weighted by molar-refractivity contribution is -0.142. The molecule has 0 saturated carbocycles. The second-order valence-electron chi connectivity index (χ2n) is 8.59. The molecule has 2 aromatic carbocycles. The molecule has 0 aliphatic heterocycles. The lowest BCUT2D eigenvalue weighted by Gasteiger charge is -2.31. The van der Waals surface area contributed by atoms with Gasteiger partial charge in [0, 0.05) is 17.1 Å². The van der Waals surface area contributed by atoms with E-state index in [4.69, 9.17) is 16.3 Å². The third-order valence-electron chi connectivity index (χ3n) is 4.65. The lowest BCUT2D eigenvalue weighted by Crippen LogP contribution is -2.53. The van der Waals surface area contributed by atoms with Gasteiger partial charge in [-0.25, -0.2) is 0 Å². The lowest BCUT2D eigenvalue weighted by atomic mass is 10.1. The summed E-state index contributed by atoms with van der Waals surface area (Å²) in [7, 11) is 0. The third kappa shape index (κ3) is 6.77. The van der Waals surface area contributed by atoms with Crippen LogP contribution in [0.5, 0.6) is 5.75 Å². The van der Waals surface area contributed by atoms with Gasteiger partial charge in [0.25, 0.3) is 5.91 Å². The van der Waals surface area contributed by atoms with E-state index < -0.39 is 11.6 Å². The average Bonchev–Trinajstić information content (AvgIpc) is 2.64. The number of nitrogens with zero attached hydrogens (tertiary/aromatic N) is 1. The number of carbonyl (C=O) groups excluding carboxylic acids is 2. The monoisotopic (exact) mass is 430 g/mol. The summed E-state index contributed by atoms with van der Waals surface area (Å²) in [6.07, 6.45) is 0. The fourth-order valence-corrected chi connectivity index (χ4v) is 3.25. The summed E-state index contributed by atoms with van der Waals surface area (Å²) in [4.78, 5) is 27.4. The molecule has 5 nitrogen and oxygen atoms in total. The topological polar surface area (TPSA) is 58.6 Å². The Bertz CT molecular complexity index is 906. The first-order valence-corrected chi connectivity index (χ1v) is 10.4. The Hall–Kier alpha value is -2.53. The van der Waals surface area contributed by atoms with E-state index in [2.05, 4.69) is 5.32 Å². The van der Waals surface area contributed by atoms with Crippen LogP contribution in [-0.4, -0.2) is 34.9 Å². The maximum atomic E-state index is 13.1. The molecule has 0 unspecified atom stereocenters. The van der Waals surface area contributed by atoms with Gasteiger partial charge in [-0.05, 0) is 64.8 Å². The van der Waals surface area contributed by atoms with Crippen molar-refractivity contribution in [1.29, 1.82) is 0 Å². The molecule has 1 atom stereocenters. The molecule has 2 aromatic rings. The smallest absolute Gasteiger partial charge is 0.261 e. The highest BCUT2D eigenvalue weighted by atomic mass is 35.5. The maximum absolute atomic E-state index is 13.1. The average molecular weight is 431 g/mol. The van der Waals surface area contributed by atoms with Gasteiger partial charge in [-0.3, -0.25) is 9.59 Å². The van der Waals surface area contributed by atoms with Crippen molar-refractivity contribution in [3.05, 3.63) is 64.2 Å². The Kier molecular flexibility index (Phi) is 7.90. The highest BCUT2D eigenvalue weighted by molar-refractivity contribution is 6.31. The van der Waals surface area contributed by atoms with E-state index in [-0.39, 0.29) is 25.0 Å². The quantitative estimate of drug-likeness (QED) is 0.694. The molecule has 0 spiro atoms. The molecule has 0 radical (unpaired) electrons. The third-order valence-corrected chi connectivity index (χ3v) is 5.01. The fourth-order valence-electron chi connectivity index (χ4n) is 3.05. The largest absolute Gasteiger partial charge is 0.483 e. The van der Waals surface area contributed by atoms with Crippen LogP contribution in [0.1, 0.15) is 44.4 Å². The van der Waals surface area contributed by atoms with E-state index in [9.17, 15) is 9.59 Å². The molecule has 0 aliphatic rings. The van der Waals surface area contributed by atoms with Crippen molar-refractivity contribution in [3.63, 3.8) is 0 Å². The number of hydrogen-bond acceptors (Lipinski definition) is 3. The zero-order valence-electron chi connectivity index (χ0n) is 18.6. The number of carbonyl (C=O) groups is 2. The molecule has 2 rings (SSSR count). The van der Waals surface area contributed by atoms with Crippen molar-refractivity contribution >= 4 is 23.4 Å². The predicted octanol–water partition coefficient (Wildman–Crippen LogP) is 4.67. The molecule has 162 valence electrons. The highest BCUT2D eigenvalue weighted by Crippen LogP contribution is 2.21.